The largest absolute Gasteiger partial charge is 0.435 e. The van der Waals surface area contributed by atoms with Crippen molar-refractivity contribution in [3.63, 3.8) is 0 Å². The third-order valence-electron chi connectivity index (χ3n) is 2.14. The van der Waals surface area contributed by atoms with Crippen LogP contribution in [0, 0.1) is 0 Å². The fraction of sp³-hybridized carbons (Fsp3) is 0.500. The lowest BCUT2D eigenvalue weighted by molar-refractivity contribution is -0.173. The normalized spacial score (nSPS) is 11.7. The standard InChI is InChI=1S/C12H14F5NO2/c13-11(14)20-10-4-2-9(3-5-10)18-6-1-7-19-8-12(15,16)17/h2-5,11,18H,1,6-8H2. The van der Waals surface area contributed by atoms with Gasteiger partial charge >= 0.3 is 12.8 Å². The summed E-state index contributed by atoms with van der Waals surface area (Å²) in [6, 6.07) is 5.81. The van der Waals surface area contributed by atoms with Crippen LogP contribution in [0.1, 0.15) is 6.42 Å². The Morgan fingerprint density at radius 1 is 1.10 bits per heavy atom. The number of rotatable bonds is 8. The van der Waals surface area contributed by atoms with Crippen LogP contribution >= 0.6 is 0 Å². The highest BCUT2D eigenvalue weighted by Crippen LogP contribution is 2.17. The van der Waals surface area contributed by atoms with Crippen LogP contribution in [-0.4, -0.2) is 32.5 Å². The van der Waals surface area contributed by atoms with Gasteiger partial charge in [-0.15, -0.1) is 0 Å². The molecular weight excluding hydrogens is 285 g/mol. The quantitative estimate of drug-likeness (QED) is 0.587. The molecule has 1 rings (SSSR count). The molecule has 0 saturated heterocycles. The molecule has 3 nitrogen and oxygen atoms in total. The topological polar surface area (TPSA) is 30.5 Å². The minimum absolute atomic E-state index is 0.0148. The molecule has 1 N–H and O–H groups in total. The van der Waals surface area contributed by atoms with Gasteiger partial charge in [-0.3, -0.25) is 0 Å². The molecule has 0 atom stereocenters. The van der Waals surface area contributed by atoms with Gasteiger partial charge in [-0.25, -0.2) is 0 Å². The van der Waals surface area contributed by atoms with Gasteiger partial charge in [0.25, 0.3) is 0 Å². The van der Waals surface area contributed by atoms with Crippen LogP contribution in [0.3, 0.4) is 0 Å². The molecule has 20 heavy (non-hydrogen) atoms. The van der Waals surface area contributed by atoms with Crippen molar-refractivity contribution in [1.82, 2.24) is 0 Å². The fourth-order valence-corrected chi connectivity index (χ4v) is 1.35. The first kappa shape index (κ1) is 16.5. The van der Waals surface area contributed by atoms with Gasteiger partial charge in [0.2, 0.25) is 0 Å². The average Bonchev–Trinajstić information content (AvgIpc) is 2.33. The number of halogens is 5. The van der Waals surface area contributed by atoms with Gasteiger partial charge in [-0.1, -0.05) is 0 Å². The zero-order valence-electron chi connectivity index (χ0n) is 10.4. The molecule has 8 heteroatoms. The van der Waals surface area contributed by atoms with Crippen molar-refractivity contribution in [2.24, 2.45) is 0 Å². The molecule has 0 saturated carbocycles. The van der Waals surface area contributed by atoms with E-state index in [0.29, 0.717) is 18.7 Å². The van der Waals surface area contributed by atoms with Crippen molar-refractivity contribution < 1.29 is 31.4 Å². The van der Waals surface area contributed by atoms with Crippen LogP contribution in [0.15, 0.2) is 24.3 Å². The van der Waals surface area contributed by atoms with Crippen LogP contribution in [-0.2, 0) is 4.74 Å². The molecule has 0 aromatic heterocycles. The first-order valence-electron chi connectivity index (χ1n) is 5.80. The second-order valence-electron chi connectivity index (χ2n) is 3.85. The zero-order valence-corrected chi connectivity index (χ0v) is 10.4. The lowest BCUT2D eigenvalue weighted by atomic mass is 10.3. The monoisotopic (exact) mass is 299 g/mol. The van der Waals surface area contributed by atoms with Crippen molar-refractivity contribution in [1.29, 1.82) is 0 Å². The van der Waals surface area contributed by atoms with Crippen molar-refractivity contribution in [3.8, 4) is 5.75 Å². The molecule has 0 amide bonds. The third kappa shape index (κ3) is 7.78. The first-order chi connectivity index (χ1) is 9.37. The SMILES string of the molecule is FC(F)Oc1ccc(NCCCOCC(F)(F)F)cc1. The van der Waals surface area contributed by atoms with E-state index in [2.05, 4.69) is 14.8 Å². The summed E-state index contributed by atoms with van der Waals surface area (Å²) in [4.78, 5) is 0. The average molecular weight is 299 g/mol. The lowest BCUT2D eigenvalue weighted by Gasteiger charge is -2.09. The van der Waals surface area contributed by atoms with E-state index in [4.69, 9.17) is 0 Å². The number of benzene rings is 1. The van der Waals surface area contributed by atoms with E-state index in [1.54, 1.807) is 0 Å². The maximum Gasteiger partial charge on any atom is 0.411 e. The van der Waals surface area contributed by atoms with E-state index in [1.165, 1.54) is 24.3 Å². The summed E-state index contributed by atoms with van der Waals surface area (Å²) in [5, 5.41) is 2.92. The van der Waals surface area contributed by atoms with Gasteiger partial charge in [-0.2, -0.15) is 22.0 Å². The van der Waals surface area contributed by atoms with E-state index in [9.17, 15) is 22.0 Å². The van der Waals surface area contributed by atoms with Crippen LogP contribution in [0.4, 0.5) is 27.6 Å². The second-order valence-corrected chi connectivity index (χ2v) is 3.85. The highest BCUT2D eigenvalue weighted by Gasteiger charge is 2.27. The Morgan fingerprint density at radius 3 is 2.30 bits per heavy atom. The highest BCUT2D eigenvalue weighted by atomic mass is 19.4. The summed E-state index contributed by atoms with van der Waals surface area (Å²) in [7, 11) is 0. The van der Waals surface area contributed by atoms with Gasteiger partial charge in [0.05, 0.1) is 0 Å². The van der Waals surface area contributed by atoms with Crippen LogP contribution in [0.2, 0.25) is 0 Å². The van der Waals surface area contributed by atoms with Gasteiger partial charge in [-0.05, 0) is 30.7 Å². The Morgan fingerprint density at radius 2 is 1.75 bits per heavy atom. The Bertz CT molecular complexity index is 380. The Kier molecular flexibility index (Phi) is 6.50. The summed E-state index contributed by atoms with van der Waals surface area (Å²) in [5.41, 5.74) is 0.655. The van der Waals surface area contributed by atoms with Gasteiger partial charge in [0.1, 0.15) is 12.4 Å². The highest BCUT2D eigenvalue weighted by molar-refractivity contribution is 5.46. The first-order valence-corrected chi connectivity index (χ1v) is 5.80. The van der Waals surface area contributed by atoms with Gasteiger partial charge in [0, 0.05) is 18.8 Å². The van der Waals surface area contributed by atoms with Crippen LogP contribution in [0.5, 0.6) is 5.75 Å². The molecule has 0 aliphatic carbocycles. The number of nitrogens with one attached hydrogen (secondary N) is 1. The lowest BCUT2D eigenvalue weighted by Crippen LogP contribution is -2.18. The zero-order chi connectivity index (χ0) is 15.0. The Hall–Kier alpha value is -1.57. The van der Waals surface area contributed by atoms with E-state index < -0.39 is 19.4 Å². The predicted octanol–water partition coefficient (Wildman–Crippen LogP) is 3.67. The molecule has 0 unspecified atom stereocenters. The Labute approximate surface area is 112 Å². The molecule has 0 bridgehead atoms. The summed E-state index contributed by atoms with van der Waals surface area (Å²) < 4.78 is 67.6. The predicted molar refractivity (Wildman–Crippen MR) is 63.1 cm³/mol. The number of ether oxygens (including phenoxy) is 2. The molecule has 0 spiro atoms. The van der Waals surface area contributed by atoms with Crippen molar-refractivity contribution >= 4 is 5.69 Å². The van der Waals surface area contributed by atoms with Crippen molar-refractivity contribution in [3.05, 3.63) is 24.3 Å². The minimum Gasteiger partial charge on any atom is -0.435 e. The van der Waals surface area contributed by atoms with E-state index in [1.807, 2.05) is 0 Å². The maximum atomic E-state index is 11.9. The fourth-order valence-electron chi connectivity index (χ4n) is 1.35. The summed E-state index contributed by atoms with van der Waals surface area (Å²) in [6.45, 7) is -3.74. The number of anilines is 1. The summed E-state index contributed by atoms with van der Waals surface area (Å²) in [5.74, 6) is 0.0408. The van der Waals surface area contributed by atoms with E-state index in [-0.39, 0.29) is 12.4 Å². The number of hydrogen-bond acceptors (Lipinski definition) is 3. The van der Waals surface area contributed by atoms with Gasteiger partial charge < -0.3 is 14.8 Å². The number of alkyl halides is 5. The van der Waals surface area contributed by atoms with Gasteiger partial charge in [0.15, 0.2) is 0 Å². The van der Waals surface area contributed by atoms with Crippen molar-refractivity contribution in [2.45, 2.75) is 19.2 Å². The second kappa shape index (κ2) is 7.88. The maximum absolute atomic E-state index is 11.9. The molecule has 0 aliphatic heterocycles. The molecular formula is C12H14F5NO2. The molecule has 0 aliphatic rings. The third-order valence-corrected chi connectivity index (χ3v) is 2.14. The Balaban J connectivity index is 2.16. The summed E-state index contributed by atoms with van der Waals surface area (Å²) >= 11 is 0. The molecule has 0 radical (unpaired) electrons. The van der Waals surface area contributed by atoms with E-state index >= 15 is 0 Å². The number of hydrogen-bond donors (Lipinski definition) is 1. The van der Waals surface area contributed by atoms with E-state index in [0.717, 1.165) is 0 Å². The minimum atomic E-state index is -4.31. The van der Waals surface area contributed by atoms with Crippen LogP contribution < -0.4 is 10.1 Å². The molecule has 0 heterocycles. The molecule has 0 fully saturated rings. The van der Waals surface area contributed by atoms with Crippen LogP contribution in [0.25, 0.3) is 0 Å². The van der Waals surface area contributed by atoms with Crippen molar-refractivity contribution in [2.75, 3.05) is 25.1 Å². The molecule has 114 valence electrons. The molecule has 1 aromatic carbocycles. The smallest absolute Gasteiger partial charge is 0.411 e. The molecule has 1 aromatic rings. The summed E-state index contributed by atoms with van der Waals surface area (Å²) in [6.07, 6.45) is -3.92.